The van der Waals surface area contributed by atoms with Crippen LogP contribution >= 0.6 is 15.9 Å². The summed E-state index contributed by atoms with van der Waals surface area (Å²) in [6.45, 7) is 4.81. The molecule has 0 spiro atoms. The molecule has 1 N–H and O–H groups in total. The number of hydrogen-bond donors (Lipinski definition) is 1. The molecule has 0 saturated heterocycles. The number of benzene rings is 1. The van der Waals surface area contributed by atoms with Crippen LogP contribution in [0, 0.1) is 12.7 Å². The number of aryl methyl sites for hydroxylation is 1. The van der Waals surface area contributed by atoms with Gasteiger partial charge in [0.05, 0.1) is 10.2 Å². The highest BCUT2D eigenvalue weighted by Gasteiger charge is 2.10. The molecular weight excluding hydrogens is 309 g/mol. The van der Waals surface area contributed by atoms with Gasteiger partial charge in [-0.05, 0) is 41.4 Å². The van der Waals surface area contributed by atoms with Crippen molar-refractivity contribution in [1.29, 1.82) is 0 Å². The van der Waals surface area contributed by atoms with Crippen LogP contribution in [0.4, 0.5) is 10.2 Å². The number of hydrogen-bond acceptors (Lipinski definition) is 3. The second kappa shape index (κ2) is 6.10. The topological polar surface area (TPSA) is 37.8 Å². The Kier molecular flexibility index (Phi) is 4.47. The lowest BCUT2D eigenvalue weighted by Crippen LogP contribution is -2.06. The molecule has 19 heavy (non-hydrogen) atoms. The van der Waals surface area contributed by atoms with Crippen LogP contribution in [0.1, 0.15) is 19.0 Å². The van der Waals surface area contributed by atoms with Crippen molar-refractivity contribution in [2.45, 2.75) is 20.3 Å². The molecule has 0 aliphatic heterocycles. The van der Waals surface area contributed by atoms with Crippen molar-refractivity contribution >= 4 is 21.7 Å². The Morgan fingerprint density at radius 3 is 2.79 bits per heavy atom. The van der Waals surface area contributed by atoms with E-state index < -0.39 is 0 Å². The number of rotatable bonds is 4. The van der Waals surface area contributed by atoms with Crippen LogP contribution in [0.5, 0.6) is 0 Å². The van der Waals surface area contributed by atoms with Gasteiger partial charge < -0.3 is 5.32 Å². The van der Waals surface area contributed by atoms with E-state index in [0.29, 0.717) is 11.4 Å². The van der Waals surface area contributed by atoms with Gasteiger partial charge in [0.2, 0.25) is 0 Å². The van der Waals surface area contributed by atoms with E-state index in [1.54, 1.807) is 12.1 Å². The molecule has 5 heteroatoms. The largest absolute Gasteiger partial charge is 0.369 e. The highest BCUT2D eigenvalue weighted by Crippen LogP contribution is 2.26. The predicted molar refractivity (Wildman–Crippen MR) is 78.6 cm³/mol. The average molecular weight is 324 g/mol. The molecular formula is C14H15BrFN3. The number of nitrogens with one attached hydrogen (secondary N) is 1. The zero-order chi connectivity index (χ0) is 13.8. The van der Waals surface area contributed by atoms with Crippen molar-refractivity contribution in [3.05, 3.63) is 40.2 Å². The van der Waals surface area contributed by atoms with E-state index in [0.717, 1.165) is 29.0 Å². The number of aromatic nitrogens is 2. The number of anilines is 1. The van der Waals surface area contributed by atoms with Gasteiger partial charge in [0.1, 0.15) is 11.6 Å². The van der Waals surface area contributed by atoms with E-state index >= 15 is 0 Å². The SMILES string of the molecule is CCCNc1nc(-c2cccc(F)c2)nc(C)c1Br. The van der Waals surface area contributed by atoms with E-state index in [2.05, 4.69) is 38.1 Å². The van der Waals surface area contributed by atoms with Gasteiger partial charge in [-0.3, -0.25) is 0 Å². The smallest absolute Gasteiger partial charge is 0.161 e. The highest BCUT2D eigenvalue weighted by atomic mass is 79.9. The summed E-state index contributed by atoms with van der Waals surface area (Å²) in [4.78, 5) is 8.83. The maximum atomic E-state index is 13.3. The van der Waals surface area contributed by atoms with Gasteiger partial charge in [-0.1, -0.05) is 19.1 Å². The normalized spacial score (nSPS) is 10.5. The first kappa shape index (κ1) is 13.9. The first-order valence-electron chi connectivity index (χ1n) is 6.15. The van der Waals surface area contributed by atoms with Crippen LogP contribution in [0.3, 0.4) is 0 Å². The third kappa shape index (κ3) is 3.29. The summed E-state index contributed by atoms with van der Waals surface area (Å²) in [5.74, 6) is 0.983. The maximum Gasteiger partial charge on any atom is 0.161 e. The first-order valence-corrected chi connectivity index (χ1v) is 6.95. The van der Waals surface area contributed by atoms with Crippen LogP contribution in [0.2, 0.25) is 0 Å². The van der Waals surface area contributed by atoms with Gasteiger partial charge in [0.25, 0.3) is 0 Å². The Morgan fingerprint density at radius 2 is 2.11 bits per heavy atom. The monoisotopic (exact) mass is 323 g/mol. The second-order valence-electron chi connectivity index (χ2n) is 4.23. The van der Waals surface area contributed by atoms with E-state index in [1.165, 1.54) is 12.1 Å². The van der Waals surface area contributed by atoms with Crippen LogP contribution < -0.4 is 5.32 Å². The van der Waals surface area contributed by atoms with Gasteiger partial charge in [0.15, 0.2) is 5.82 Å². The zero-order valence-electron chi connectivity index (χ0n) is 10.9. The predicted octanol–water partition coefficient (Wildman–Crippen LogP) is 4.18. The fourth-order valence-corrected chi connectivity index (χ4v) is 1.99. The molecule has 0 fully saturated rings. The minimum Gasteiger partial charge on any atom is -0.369 e. The van der Waals surface area contributed by atoms with Crippen LogP contribution in [0.25, 0.3) is 11.4 Å². The fourth-order valence-electron chi connectivity index (χ4n) is 1.68. The lowest BCUT2D eigenvalue weighted by atomic mass is 10.2. The van der Waals surface area contributed by atoms with E-state index in [4.69, 9.17) is 0 Å². The second-order valence-corrected chi connectivity index (χ2v) is 5.03. The molecule has 2 rings (SSSR count). The summed E-state index contributed by atoms with van der Waals surface area (Å²) >= 11 is 3.47. The summed E-state index contributed by atoms with van der Waals surface area (Å²) in [5.41, 5.74) is 1.50. The Hall–Kier alpha value is -1.49. The van der Waals surface area contributed by atoms with Crippen molar-refractivity contribution < 1.29 is 4.39 Å². The molecule has 0 amide bonds. The van der Waals surface area contributed by atoms with Crippen molar-refractivity contribution in [3.63, 3.8) is 0 Å². The van der Waals surface area contributed by atoms with Crippen molar-refractivity contribution in [2.75, 3.05) is 11.9 Å². The van der Waals surface area contributed by atoms with Crippen LogP contribution in [-0.4, -0.2) is 16.5 Å². The van der Waals surface area contributed by atoms with Gasteiger partial charge >= 0.3 is 0 Å². The minimum absolute atomic E-state index is 0.287. The van der Waals surface area contributed by atoms with Gasteiger partial charge in [-0.15, -0.1) is 0 Å². The van der Waals surface area contributed by atoms with Crippen LogP contribution in [0.15, 0.2) is 28.7 Å². The quantitative estimate of drug-likeness (QED) is 0.917. The van der Waals surface area contributed by atoms with Gasteiger partial charge in [0, 0.05) is 12.1 Å². The number of halogens is 2. The molecule has 0 unspecified atom stereocenters. The first-order chi connectivity index (χ1) is 9.11. The Morgan fingerprint density at radius 1 is 1.32 bits per heavy atom. The van der Waals surface area contributed by atoms with Gasteiger partial charge in [-0.2, -0.15) is 0 Å². The summed E-state index contributed by atoms with van der Waals surface area (Å²) in [6.07, 6.45) is 1.00. The molecule has 0 radical (unpaired) electrons. The van der Waals surface area contributed by atoms with Crippen LogP contribution in [-0.2, 0) is 0 Å². The Labute approximate surface area is 120 Å². The van der Waals surface area contributed by atoms with E-state index in [1.807, 2.05) is 6.92 Å². The third-order valence-corrected chi connectivity index (χ3v) is 3.59. The Bertz CT molecular complexity index is 587. The lowest BCUT2D eigenvalue weighted by Gasteiger charge is -2.10. The molecule has 0 aliphatic carbocycles. The molecule has 100 valence electrons. The summed E-state index contributed by atoms with van der Waals surface area (Å²) < 4.78 is 14.1. The molecule has 0 saturated carbocycles. The molecule has 1 heterocycles. The van der Waals surface area contributed by atoms with E-state index in [9.17, 15) is 4.39 Å². The summed E-state index contributed by atoms with van der Waals surface area (Å²) in [6, 6.07) is 6.30. The summed E-state index contributed by atoms with van der Waals surface area (Å²) in [7, 11) is 0. The average Bonchev–Trinajstić information content (AvgIpc) is 2.40. The molecule has 2 aromatic rings. The number of nitrogens with zero attached hydrogens (tertiary/aromatic N) is 2. The highest BCUT2D eigenvalue weighted by molar-refractivity contribution is 9.10. The molecule has 3 nitrogen and oxygen atoms in total. The minimum atomic E-state index is -0.287. The van der Waals surface area contributed by atoms with Crippen molar-refractivity contribution in [3.8, 4) is 11.4 Å². The molecule has 0 aliphatic rings. The Balaban J connectivity index is 2.44. The molecule has 1 aromatic heterocycles. The van der Waals surface area contributed by atoms with E-state index in [-0.39, 0.29) is 5.82 Å². The zero-order valence-corrected chi connectivity index (χ0v) is 12.5. The third-order valence-electron chi connectivity index (χ3n) is 2.64. The lowest BCUT2D eigenvalue weighted by molar-refractivity contribution is 0.628. The summed E-state index contributed by atoms with van der Waals surface area (Å²) in [5, 5.41) is 3.24. The molecule has 1 aromatic carbocycles. The van der Waals surface area contributed by atoms with Gasteiger partial charge in [-0.25, -0.2) is 14.4 Å². The molecule has 0 bridgehead atoms. The standard InChI is InChI=1S/C14H15BrFN3/c1-3-7-17-14-12(15)9(2)18-13(19-14)10-5-4-6-11(16)8-10/h4-6,8H,3,7H2,1-2H3,(H,17,18,19). The molecule has 0 atom stereocenters. The van der Waals surface area contributed by atoms with Crippen molar-refractivity contribution in [1.82, 2.24) is 9.97 Å². The maximum absolute atomic E-state index is 13.3. The van der Waals surface area contributed by atoms with Crippen molar-refractivity contribution in [2.24, 2.45) is 0 Å². The fraction of sp³-hybridized carbons (Fsp3) is 0.286.